The van der Waals surface area contributed by atoms with Crippen LogP contribution in [0.3, 0.4) is 0 Å². The first-order valence-corrected chi connectivity index (χ1v) is 9.72. The van der Waals surface area contributed by atoms with Crippen LogP contribution in [-0.2, 0) is 10.0 Å². The lowest BCUT2D eigenvalue weighted by molar-refractivity contribution is 0.0888. The van der Waals surface area contributed by atoms with Gasteiger partial charge in [0.15, 0.2) is 0 Å². The maximum atomic E-state index is 12.6. The molecular formula is C18H23NO3S. The molecule has 0 bridgehead atoms. The van der Waals surface area contributed by atoms with Gasteiger partial charge in [-0.1, -0.05) is 55.7 Å². The van der Waals surface area contributed by atoms with Crippen molar-refractivity contribution < 1.29 is 13.5 Å². The van der Waals surface area contributed by atoms with Crippen LogP contribution < -0.4 is 4.72 Å². The highest BCUT2D eigenvalue weighted by Crippen LogP contribution is 2.27. The van der Waals surface area contributed by atoms with E-state index in [1.165, 1.54) is 6.42 Å². The molecule has 0 unspecified atom stereocenters. The lowest BCUT2D eigenvalue weighted by Crippen LogP contribution is -2.37. The number of rotatable bonds is 5. The van der Waals surface area contributed by atoms with E-state index < -0.39 is 16.1 Å². The fourth-order valence-electron chi connectivity index (χ4n) is 3.39. The maximum Gasteiger partial charge on any atom is 0.241 e. The van der Waals surface area contributed by atoms with Gasteiger partial charge in [-0.25, -0.2) is 13.1 Å². The second-order valence-electron chi connectivity index (χ2n) is 6.29. The Morgan fingerprint density at radius 1 is 1.04 bits per heavy atom. The molecule has 23 heavy (non-hydrogen) atoms. The van der Waals surface area contributed by atoms with Gasteiger partial charge in [0.1, 0.15) is 0 Å². The first-order valence-electron chi connectivity index (χ1n) is 8.23. The lowest BCUT2D eigenvalue weighted by atomic mass is 9.85. The molecule has 0 spiro atoms. The molecule has 4 nitrogen and oxygen atoms in total. The number of aliphatic hydroxyl groups excluding tert-OH is 1. The monoisotopic (exact) mass is 333 g/mol. The van der Waals surface area contributed by atoms with Gasteiger partial charge >= 0.3 is 0 Å². The zero-order chi connectivity index (χ0) is 16.3. The van der Waals surface area contributed by atoms with Crippen LogP contribution in [0.15, 0.2) is 47.4 Å². The van der Waals surface area contributed by atoms with Crippen LogP contribution >= 0.6 is 0 Å². The first kappa shape index (κ1) is 16.4. The van der Waals surface area contributed by atoms with Crippen LogP contribution in [0.25, 0.3) is 10.8 Å². The molecule has 0 heterocycles. The molecule has 1 saturated carbocycles. The van der Waals surface area contributed by atoms with Crippen LogP contribution in [0.2, 0.25) is 0 Å². The molecular weight excluding hydrogens is 310 g/mol. The SMILES string of the molecule is O=S(=O)(NC[C@H](O)C1CCCCC1)c1cccc2ccccc12. The third-order valence-corrected chi connectivity index (χ3v) is 6.20. The minimum absolute atomic E-state index is 0.0796. The van der Waals surface area contributed by atoms with Crippen molar-refractivity contribution in [1.82, 2.24) is 4.72 Å². The number of nitrogens with one attached hydrogen (secondary N) is 1. The number of hydrogen-bond acceptors (Lipinski definition) is 3. The van der Waals surface area contributed by atoms with Crippen LogP contribution in [0, 0.1) is 5.92 Å². The molecule has 0 saturated heterocycles. The summed E-state index contributed by atoms with van der Waals surface area (Å²) in [6.07, 6.45) is 4.81. The standard InChI is InChI=1S/C18H23NO3S/c20-17(15-8-2-1-3-9-15)13-19-23(21,22)18-12-6-10-14-7-4-5-11-16(14)18/h4-7,10-12,15,17,19-20H,1-3,8-9,13H2/t17-/m0/s1. The van der Waals surface area contributed by atoms with Gasteiger partial charge in [-0.05, 0) is 30.2 Å². The van der Waals surface area contributed by atoms with Crippen molar-refractivity contribution in [2.45, 2.75) is 43.1 Å². The van der Waals surface area contributed by atoms with Crippen molar-refractivity contribution in [3.05, 3.63) is 42.5 Å². The third-order valence-electron chi connectivity index (χ3n) is 4.72. The fraction of sp³-hybridized carbons (Fsp3) is 0.444. The van der Waals surface area contributed by atoms with E-state index in [4.69, 9.17) is 0 Å². The summed E-state index contributed by atoms with van der Waals surface area (Å²) in [6.45, 7) is 0.0796. The topological polar surface area (TPSA) is 66.4 Å². The van der Waals surface area contributed by atoms with Crippen LogP contribution in [0.5, 0.6) is 0 Å². The Labute approximate surface area is 137 Å². The van der Waals surface area contributed by atoms with Crippen molar-refractivity contribution in [3.8, 4) is 0 Å². The fourth-order valence-corrected chi connectivity index (χ4v) is 4.67. The smallest absolute Gasteiger partial charge is 0.241 e. The van der Waals surface area contributed by atoms with E-state index >= 15 is 0 Å². The molecule has 1 atom stereocenters. The molecule has 0 aliphatic heterocycles. The van der Waals surface area contributed by atoms with Gasteiger partial charge < -0.3 is 5.11 Å². The molecule has 124 valence electrons. The highest BCUT2D eigenvalue weighted by Gasteiger charge is 2.24. The summed E-state index contributed by atoms with van der Waals surface area (Å²) in [5.41, 5.74) is 0. The van der Waals surface area contributed by atoms with Crippen LogP contribution in [0.4, 0.5) is 0 Å². The van der Waals surface area contributed by atoms with Gasteiger partial charge in [-0.15, -0.1) is 0 Å². The zero-order valence-electron chi connectivity index (χ0n) is 13.1. The summed E-state index contributed by atoms with van der Waals surface area (Å²) < 4.78 is 27.8. The Morgan fingerprint density at radius 3 is 2.52 bits per heavy atom. The predicted molar refractivity (Wildman–Crippen MR) is 91.7 cm³/mol. The Bertz CT molecular complexity index is 761. The molecule has 0 amide bonds. The molecule has 2 aromatic carbocycles. The van der Waals surface area contributed by atoms with Gasteiger partial charge in [0.2, 0.25) is 10.0 Å². The van der Waals surface area contributed by atoms with E-state index in [1.807, 2.05) is 30.3 Å². The van der Waals surface area contributed by atoms with Gasteiger partial charge in [-0.2, -0.15) is 0 Å². The number of hydrogen-bond donors (Lipinski definition) is 2. The van der Waals surface area contributed by atoms with Crippen molar-refractivity contribution >= 4 is 20.8 Å². The summed E-state index contributed by atoms with van der Waals surface area (Å²) in [4.78, 5) is 0.270. The molecule has 0 aromatic heterocycles. The second kappa shape index (κ2) is 6.99. The van der Waals surface area contributed by atoms with E-state index in [1.54, 1.807) is 12.1 Å². The second-order valence-corrected chi connectivity index (χ2v) is 8.03. The normalized spacial score (nSPS) is 18.1. The number of sulfonamides is 1. The van der Waals surface area contributed by atoms with Gasteiger partial charge in [0, 0.05) is 11.9 Å². The van der Waals surface area contributed by atoms with Crippen molar-refractivity contribution in [3.63, 3.8) is 0 Å². The first-order chi connectivity index (χ1) is 11.1. The largest absolute Gasteiger partial charge is 0.391 e. The molecule has 2 N–H and O–H groups in total. The molecule has 3 rings (SSSR count). The minimum atomic E-state index is -3.63. The predicted octanol–water partition coefficient (Wildman–Crippen LogP) is 3.06. The van der Waals surface area contributed by atoms with Crippen LogP contribution in [0.1, 0.15) is 32.1 Å². The van der Waals surface area contributed by atoms with E-state index in [2.05, 4.69) is 4.72 Å². The highest BCUT2D eigenvalue weighted by atomic mass is 32.2. The zero-order valence-corrected chi connectivity index (χ0v) is 13.9. The summed E-state index contributed by atoms with van der Waals surface area (Å²) in [7, 11) is -3.63. The molecule has 1 aliphatic carbocycles. The Hall–Kier alpha value is -1.43. The van der Waals surface area contributed by atoms with Crippen molar-refractivity contribution in [2.24, 2.45) is 5.92 Å². The van der Waals surface area contributed by atoms with E-state index in [-0.39, 0.29) is 17.4 Å². The number of benzene rings is 2. The summed E-state index contributed by atoms with van der Waals surface area (Å²) in [6, 6.07) is 12.7. The van der Waals surface area contributed by atoms with Crippen molar-refractivity contribution in [1.29, 1.82) is 0 Å². The average molecular weight is 333 g/mol. The summed E-state index contributed by atoms with van der Waals surface area (Å²) >= 11 is 0. The Kier molecular flexibility index (Phi) is 4.99. The number of fused-ring (bicyclic) bond motifs is 1. The molecule has 0 radical (unpaired) electrons. The number of aliphatic hydroxyl groups is 1. The van der Waals surface area contributed by atoms with E-state index in [9.17, 15) is 13.5 Å². The molecule has 1 aliphatic rings. The van der Waals surface area contributed by atoms with E-state index in [0.717, 1.165) is 31.1 Å². The lowest BCUT2D eigenvalue weighted by Gasteiger charge is -2.26. The minimum Gasteiger partial charge on any atom is -0.391 e. The van der Waals surface area contributed by atoms with Gasteiger partial charge in [0.05, 0.1) is 11.0 Å². The molecule has 2 aromatic rings. The highest BCUT2D eigenvalue weighted by molar-refractivity contribution is 7.89. The third kappa shape index (κ3) is 3.74. The Balaban J connectivity index is 1.75. The summed E-state index contributed by atoms with van der Waals surface area (Å²) in [5.74, 6) is 0.207. The Morgan fingerprint density at radius 2 is 1.74 bits per heavy atom. The van der Waals surface area contributed by atoms with Crippen LogP contribution in [-0.4, -0.2) is 26.2 Å². The quantitative estimate of drug-likeness (QED) is 0.884. The maximum absolute atomic E-state index is 12.6. The molecule has 5 heteroatoms. The summed E-state index contributed by atoms with van der Waals surface area (Å²) in [5, 5.41) is 11.9. The average Bonchev–Trinajstić information content (AvgIpc) is 2.60. The van der Waals surface area contributed by atoms with Crippen molar-refractivity contribution in [2.75, 3.05) is 6.54 Å². The molecule has 1 fully saturated rings. The van der Waals surface area contributed by atoms with Gasteiger partial charge in [-0.3, -0.25) is 0 Å². The van der Waals surface area contributed by atoms with E-state index in [0.29, 0.717) is 5.39 Å². The van der Waals surface area contributed by atoms with Gasteiger partial charge in [0.25, 0.3) is 0 Å².